The summed E-state index contributed by atoms with van der Waals surface area (Å²) in [5.74, 6) is 1.54. The Morgan fingerprint density at radius 1 is 0.971 bits per heavy atom. The minimum atomic E-state index is -0.404. The largest absolute Gasteiger partial charge is 0.497 e. The van der Waals surface area contributed by atoms with Crippen LogP contribution in [0.25, 0.3) is 11.3 Å². The highest BCUT2D eigenvalue weighted by Crippen LogP contribution is 2.28. The Bertz CT molecular complexity index is 1270. The summed E-state index contributed by atoms with van der Waals surface area (Å²) in [6.45, 7) is 0.434. The van der Waals surface area contributed by atoms with E-state index in [0.717, 1.165) is 22.4 Å². The van der Waals surface area contributed by atoms with Crippen LogP contribution in [0.1, 0.15) is 21.6 Å². The third kappa shape index (κ3) is 5.60. The molecule has 34 heavy (non-hydrogen) atoms. The molecule has 1 aromatic heterocycles. The number of hydrogen-bond acceptors (Lipinski definition) is 6. The van der Waals surface area contributed by atoms with Gasteiger partial charge in [0.1, 0.15) is 18.1 Å². The zero-order valence-electron chi connectivity index (χ0n) is 18.8. The lowest BCUT2D eigenvalue weighted by Crippen LogP contribution is -2.18. The minimum absolute atomic E-state index is 0.296. The Labute approximate surface area is 197 Å². The maximum absolute atomic E-state index is 12.4. The fourth-order valence-electron chi connectivity index (χ4n) is 3.19. The minimum Gasteiger partial charge on any atom is -0.497 e. The molecule has 172 valence electrons. The van der Waals surface area contributed by atoms with Gasteiger partial charge in [0.15, 0.2) is 11.5 Å². The first kappa shape index (κ1) is 22.6. The van der Waals surface area contributed by atoms with E-state index in [4.69, 9.17) is 14.2 Å². The molecule has 0 spiro atoms. The van der Waals surface area contributed by atoms with Gasteiger partial charge in [-0.25, -0.2) is 5.43 Å². The normalized spacial score (nSPS) is 10.8. The molecular formula is C26H24N4O4. The van der Waals surface area contributed by atoms with Crippen molar-refractivity contribution >= 4 is 12.1 Å². The fourth-order valence-corrected chi connectivity index (χ4v) is 3.19. The van der Waals surface area contributed by atoms with Gasteiger partial charge < -0.3 is 14.2 Å². The second-order valence-corrected chi connectivity index (χ2v) is 7.28. The Hall–Kier alpha value is -4.59. The molecule has 1 heterocycles. The summed E-state index contributed by atoms with van der Waals surface area (Å²) < 4.78 is 16.5. The van der Waals surface area contributed by atoms with Crippen LogP contribution in [0.4, 0.5) is 0 Å². The molecule has 0 aliphatic heterocycles. The molecule has 4 rings (SSSR count). The summed E-state index contributed by atoms with van der Waals surface area (Å²) in [5.41, 5.74) is 6.11. The summed E-state index contributed by atoms with van der Waals surface area (Å²) in [6, 6.07) is 24.4. The van der Waals surface area contributed by atoms with Gasteiger partial charge in [-0.2, -0.15) is 10.2 Å². The van der Waals surface area contributed by atoms with E-state index in [9.17, 15) is 4.79 Å². The second-order valence-electron chi connectivity index (χ2n) is 7.28. The second kappa shape index (κ2) is 10.8. The van der Waals surface area contributed by atoms with Crippen LogP contribution in [0.5, 0.6) is 17.2 Å². The van der Waals surface area contributed by atoms with Crippen molar-refractivity contribution in [1.82, 2.24) is 15.6 Å². The number of amides is 1. The Kier molecular flexibility index (Phi) is 7.19. The molecule has 2 N–H and O–H groups in total. The number of carbonyl (C=O) groups excluding carboxylic acids is 1. The van der Waals surface area contributed by atoms with Crippen LogP contribution >= 0.6 is 0 Å². The van der Waals surface area contributed by atoms with Gasteiger partial charge in [-0.3, -0.25) is 9.89 Å². The van der Waals surface area contributed by atoms with E-state index < -0.39 is 5.91 Å². The highest BCUT2D eigenvalue weighted by molar-refractivity contribution is 5.94. The SMILES string of the molecule is COc1ccc(-c2cc(C(=O)NN=Cc3ccc(OCc4ccccc4)c(OC)c3)[nH]n2)cc1. The lowest BCUT2D eigenvalue weighted by Gasteiger charge is -2.11. The van der Waals surface area contributed by atoms with Gasteiger partial charge in [-0.1, -0.05) is 30.3 Å². The van der Waals surface area contributed by atoms with Crippen molar-refractivity contribution in [1.29, 1.82) is 0 Å². The van der Waals surface area contributed by atoms with Crippen molar-refractivity contribution in [3.63, 3.8) is 0 Å². The first-order chi connectivity index (χ1) is 16.7. The molecule has 0 radical (unpaired) electrons. The number of carbonyl (C=O) groups is 1. The van der Waals surface area contributed by atoms with Crippen LogP contribution in [0.2, 0.25) is 0 Å². The van der Waals surface area contributed by atoms with E-state index in [2.05, 4.69) is 20.7 Å². The summed E-state index contributed by atoms with van der Waals surface area (Å²) >= 11 is 0. The van der Waals surface area contributed by atoms with E-state index in [0.29, 0.717) is 29.5 Å². The monoisotopic (exact) mass is 456 g/mol. The lowest BCUT2D eigenvalue weighted by molar-refractivity contribution is 0.0950. The summed E-state index contributed by atoms with van der Waals surface area (Å²) in [5, 5.41) is 11.0. The molecule has 0 unspecified atom stereocenters. The highest BCUT2D eigenvalue weighted by atomic mass is 16.5. The molecule has 0 fully saturated rings. The Morgan fingerprint density at radius 2 is 1.76 bits per heavy atom. The molecule has 0 aliphatic rings. The number of aromatic nitrogens is 2. The van der Waals surface area contributed by atoms with E-state index in [1.54, 1.807) is 32.4 Å². The van der Waals surface area contributed by atoms with Crippen LogP contribution < -0.4 is 19.6 Å². The molecule has 3 aromatic carbocycles. The van der Waals surface area contributed by atoms with Crippen LogP contribution in [0.3, 0.4) is 0 Å². The first-order valence-corrected chi connectivity index (χ1v) is 10.5. The number of methoxy groups -OCH3 is 2. The zero-order valence-corrected chi connectivity index (χ0v) is 18.8. The van der Waals surface area contributed by atoms with Gasteiger partial charge in [0.25, 0.3) is 5.91 Å². The number of rotatable bonds is 9. The van der Waals surface area contributed by atoms with Gasteiger partial charge in [0.2, 0.25) is 0 Å². The number of benzene rings is 3. The van der Waals surface area contributed by atoms with Crippen LogP contribution in [0, 0.1) is 0 Å². The molecule has 8 heteroatoms. The predicted molar refractivity (Wildman–Crippen MR) is 129 cm³/mol. The van der Waals surface area contributed by atoms with E-state index in [-0.39, 0.29) is 0 Å². The molecule has 0 bridgehead atoms. The smallest absolute Gasteiger partial charge is 0.289 e. The van der Waals surface area contributed by atoms with Gasteiger partial charge in [0, 0.05) is 5.56 Å². The average Bonchev–Trinajstić information content (AvgIpc) is 3.39. The highest BCUT2D eigenvalue weighted by Gasteiger charge is 2.11. The average molecular weight is 457 g/mol. The van der Waals surface area contributed by atoms with Crippen molar-refractivity contribution in [3.8, 4) is 28.5 Å². The number of H-pyrrole nitrogens is 1. The molecule has 0 saturated carbocycles. The van der Waals surface area contributed by atoms with Gasteiger partial charge in [0.05, 0.1) is 26.1 Å². The van der Waals surface area contributed by atoms with Crippen molar-refractivity contribution < 1.29 is 19.0 Å². The Morgan fingerprint density at radius 3 is 2.50 bits per heavy atom. The first-order valence-electron chi connectivity index (χ1n) is 10.5. The van der Waals surface area contributed by atoms with Crippen LogP contribution in [-0.4, -0.2) is 36.5 Å². The zero-order chi connectivity index (χ0) is 23.8. The number of hydrazone groups is 1. The molecule has 8 nitrogen and oxygen atoms in total. The molecule has 0 aliphatic carbocycles. The maximum Gasteiger partial charge on any atom is 0.289 e. The molecule has 0 atom stereocenters. The summed E-state index contributed by atoms with van der Waals surface area (Å²) in [4.78, 5) is 12.4. The van der Waals surface area contributed by atoms with Gasteiger partial charge >= 0.3 is 0 Å². The number of hydrogen-bond donors (Lipinski definition) is 2. The molecule has 1 amide bonds. The summed E-state index contributed by atoms with van der Waals surface area (Å²) in [6.07, 6.45) is 1.53. The van der Waals surface area contributed by atoms with Crippen molar-refractivity contribution in [2.45, 2.75) is 6.61 Å². The number of ether oxygens (including phenoxy) is 3. The van der Waals surface area contributed by atoms with E-state index in [1.807, 2.05) is 60.7 Å². The van der Waals surface area contributed by atoms with E-state index >= 15 is 0 Å². The van der Waals surface area contributed by atoms with Crippen molar-refractivity contribution in [2.24, 2.45) is 5.10 Å². The topological polar surface area (TPSA) is 97.8 Å². The lowest BCUT2D eigenvalue weighted by atomic mass is 10.1. The summed E-state index contributed by atoms with van der Waals surface area (Å²) in [7, 11) is 3.18. The quantitative estimate of drug-likeness (QED) is 0.287. The number of nitrogens with one attached hydrogen (secondary N) is 2. The number of aromatic amines is 1. The van der Waals surface area contributed by atoms with Crippen LogP contribution in [-0.2, 0) is 6.61 Å². The molecular weight excluding hydrogens is 432 g/mol. The predicted octanol–water partition coefficient (Wildman–Crippen LogP) is 4.44. The van der Waals surface area contributed by atoms with Gasteiger partial charge in [-0.15, -0.1) is 0 Å². The standard InChI is InChI=1S/C26H24N4O4/c1-32-21-11-9-20(10-12-21)22-15-23(29-28-22)26(31)30-27-16-19-8-13-24(25(14-19)33-2)34-17-18-6-4-3-5-7-18/h3-16H,17H2,1-2H3,(H,28,29)(H,30,31). The van der Waals surface area contributed by atoms with Crippen LogP contribution in [0.15, 0.2) is 84.0 Å². The number of nitrogens with zero attached hydrogens (tertiary/aromatic N) is 2. The van der Waals surface area contributed by atoms with Gasteiger partial charge in [-0.05, 0) is 59.7 Å². The third-order valence-electron chi connectivity index (χ3n) is 5.01. The van der Waals surface area contributed by atoms with Crippen molar-refractivity contribution in [2.75, 3.05) is 14.2 Å². The maximum atomic E-state index is 12.4. The Balaban J connectivity index is 1.36. The molecule has 4 aromatic rings. The molecule has 0 saturated heterocycles. The van der Waals surface area contributed by atoms with Crippen molar-refractivity contribution in [3.05, 3.63) is 95.7 Å². The fraction of sp³-hybridized carbons (Fsp3) is 0.115. The third-order valence-corrected chi connectivity index (χ3v) is 5.01. The van der Waals surface area contributed by atoms with E-state index in [1.165, 1.54) is 6.21 Å².